The van der Waals surface area contributed by atoms with E-state index < -0.39 is 0 Å². The molecule has 10 aromatic rings. The number of nitrogens with zero attached hydrogens (tertiary/aromatic N) is 4. The predicted molar refractivity (Wildman–Crippen MR) is 203 cm³/mol. The zero-order chi connectivity index (χ0) is 31.8. The maximum Gasteiger partial charge on any atom is 0.297 e. The number of pyridine rings is 1. The highest BCUT2D eigenvalue weighted by molar-refractivity contribution is 7.00. The molecule has 0 saturated carbocycles. The van der Waals surface area contributed by atoms with Crippen LogP contribution < -0.4 is 26.4 Å². The molecule has 0 unspecified atom stereocenters. The lowest BCUT2D eigenvalue weighted by Crippen LogP contribution is -2.61. The van der Waals surface area contributed by atoms with Crippen LogP contribution in [-0.4, -0.2) is 16.1 Å². The molecule has 6 heterocycles. The van der Waals surface area contributed by atoms with Crippen LogP contribution in [0, 0.1) is 0 Å². The smallest absolute Gasteiger partial charge is 0.297 e. The summed E-state index contributed by atoms with van der Waals surface area (Å²) in [5, 5.41) is 4.75. The van der Waals surface area contributed by atoms with Crippen molar-refractivity contribution < 1.29 is 4.42 Å². The molecular weight excluding hydrogens is 599 g/mol. The number of aromatic nitrogens is 2. The topological polar surface area (TPSA) is 36.9 Å². The van der Waals surface area contributed by atoms with Crippen molar-refractivity contribution in [3.8, 4) is 0 Å². The highest BCUT2D eigenvalue weighted by Gasteiger charge is 2.46. The number of fused-ring (bicyclic) bond motifs is 12. The third-order valence-corrected chi connectivity index (χ3v) is 10.7. The van der Waals surface area contributed by atoms with Crippen LogP contribution in [-0.2, 0) is 0 Å². The Morgan fingerprint density at radius 2 is 1.22 bits per heavy atom. The summed E-state index contributed by atoms with van der Waals surface area (Å²) in [4.78, 5) is 9.88. The molecule has 0 atom stereocenters. The van der Waals surface area contributed by atoms with Crippen molar-refractivity contribution in [1.29, 1.82) is 0 Å². The molecule has 0 N–H and O–H groups in total. The highest BCUT2D eigenvalue weighted by atomic mass is 16.3. The first kappa shape index (κ1) is 25.6. The Morgan fingerprint density at radius 1 is 0.531 bits per heavy atom. The Morgan fingerprint density at radius 3 is 2.04 bits per heavy atom. The van der Waals surface area contributed by atoms with E-state index in [4.69, 9.17) is 9.40 Å². The van der Waals surface area contributed by atoms with E-state index in [1.165, 1.54) is 32.7 Å². The molecule has 6 aromatic carbocycles. The first-order chi connectivity index (χ1) is 24.3. The van der Waals surface area contributed by atoms with Crippen LogP contribution in [0.15, 0.2) is 156 Å². The fraction of sp³-hybridized carbons (Fsp3) is 0. The standard InChI is InChI=1S/C43H25BN4O/c1-3-12-26(13-4-1)46-34-19-11-20-35-39(34)44(43-42(30-17-8-10-21-38(30)49-43)47(35)27-14-5-2-6-15-27)32-24-31-36(25-37(32)46)48-33-18-9-7-16-28(33)29-22-23-45-40(31)41(29)48/h1-25H. The van der Waals surface area contributed by atoms with Crippen molar-refractivity contribution in [2.75, 3.05) is 9.80 Å². The Hall–Kier alpha value is -6.53. The van der Waals surface area contributed by atoms with E-state index in [-0.39, 0.29) is 6.71 Å². The Labute approximate surface area is 281 Å². The highest BCUT2D eigenvalue weighted by Crippen LogP contribution is 2.47. The molecule has 2 aliphatic heterocycles. The lowest BCUT2D eigenvalue weighted by atomic mass is 9.35. The molecule has 5 nitrogen and oxygen atoms in total. The summed E-state index contributed by atoms with van der Waals surface area (Å²) in [5.74, 6) is 0. The van der Waals surface area contributed by atoms with Gasteiger partial charge in [0.05, 0.1) is 33.4 Å². The van der Waals surface area contributed by atoms with Gasteiger partial charge in [-0.2, -0.15) is 0 Å². The molecule has 12 rings (SSSR count). The van der Waals surface area contributed by atoms with Gasteiger partial charge in [-0.15, -0.1) is 0 Å². The van der Waals surface area contributed by atoms with Crippen molar-refractivity contribution in [3.05, 3.63) is 152 Å². The van der Waals surface area contributed by atoms with Gasteiger partial charge in [0.25, 0.3) is 6.71 Å². The minimum Gasteiger partial charge on any atom is -0.468 e. The SMILES string of the molecule is c1ccc(N2c3cc4c(cc3B3c5oc6ccccc6c5N(c5ccccc5)c5cccc2c53)c2nccc3c5ccccc5n4c32)cc1. The molecular formula is C43H25BN4O. The third kappa shape index (κ3) is 3.14. The monoisotopic (exact) mass is 624 g/mol. The second-order valence-electron chi connectivity index (χ2n) is 13.1. The Bertz CT molecular complexity index is 2970. The number of hydrogen-bond donors (Lipinski definition) is 0. The van der Waals surface area contributed by atoms with Crippen molar-refractivity contribution in [1.82, 2.24) is 9.38 Å². The zero-order valence-electron chi connectivity index (χ0n) is 26.2. The molecule has 0 aliphatic carbocycles. The van der Waals surface area contributed by atoms with E-state index in [0.29, 0.717) is 0 Å². The summed E-state index contributed by atoms with van der Waals surface area (Å²) in [5.41, 5.74) is 15.7. The maximum absolute atomic E-state index is 6.99. The predicted octanol–water partition coefficient (Wildman–Crippen LogP) is 9.06. The van der Waals surface area contributed by atoms with Gasteiger partial charge in [0.2, 0.25) is 0 Å². The van der Waals surface area contributed by atoms with Crippen LogP contribution in [0.4, 0.5) is 34.1 Å². The first-order valence-electron chi connectivity index (χ1n) is 16.8. The van der Waals surface area contributed by atoms with Gasteiger partial charge >= 0.3 is 0 Å². The average Bonchev–Trinajstić information content (AvgIpc) is 3.82. The fourth-order valence-electron chi connectivity index (χ4n) is 8.84. The van der Waals surface area contributed by atoms with E-state index in [2.05, 4.69) is 160 Å². The number of para-hydroxylation sites is 4. The molecule has 0 radical (unpaired) electrons. The minimum absolute atomic E-state index is 0.121. The van der Waals surface area contributed by atoms with Crippen molar-refractivity contribution >= 4 is 107 Å². The molecule has 0 fully saturated rings. The molecule has 0 saturated heterocycles. The van der Waals surface area contributed by atoms with Crippen molar-refractivity contribution in [2.24, 2.45) is 0 Å². The molecule has 226 valence electrons. The molecule has 0 bridgehead atoms. The minimum atomic E-state index is -0.121. The van der Waals surface area contributed by atoms with E-state index in [0.717, 1.165) is 67.2 Å². The molecule has 49 heavy (non-hydrogen) atoms. The Balaban J connectivity index is 1.26. The van der Waals surface area contributed by atoms with E-state index in [9.17, 15) is 0 Å². The molecule has 6 heteroatoms. The average molecular weight is 625 g/mol. The van der Waals surface area contributed by atoms with Crippen molar-refractivity contribution in [3.63, 3.8) is 0 Å². The fourth-order valence-corrected chi connectivity index (χ4v) is 8.84. The number of anilines is 6. The lowest BCUT2D eigenvalue weighted by molar-refractivity contribution is 0.651. The van der Waals surface area contributed by atoms with Crippen LogP contribution >= 0.6 is 0 Å². The summed E-state index contributed by atoms with van der Waals surface area (Å²) in [6.07, 6.45) is 1.96. The maximum atomic E-state index is 6.99. The molecule has 0 amide bonds. The second kappa shape index (κ2) is 9.09. The van der Waals surface area contributed by atoms with Crippen LogP contribution in [0.5, 0.6) is 0 Å². The van der Waals surface area contributed by atoms with Crippen LogP contribution in [0.2, 0.25) is 0 Å². The molecule has 4 aromatic heterocycles. The summed E-state index contributed by atoms with van der Waals surface area (Å²) >= 11 is 0. The quantitative estimate of drug-likeness (QED) is 0.180. The van der Waals surface area contributed by atoms with Gasteiger partial charge in [0.1, 0.15) is 5.58 Å². The first-order valence-corrected chi connectivity index (χ1v) is 16.8. The van der Waals surface area contributed by atoms with Gasteiger partial charge < -0.3 is 18.6 Å². The van der Waals surface area contributed by atoms with Crippen LogP contribution in [0.1, 0.15) is 0 Å². The van der Waals surface area contributed by atoms with Crippen molar-refractivity contribution in [2.45, 2.75) is 0 Å². The second-order valence-corrected chi connectivity index (χ2v) is 13.1. The van der Waals surface area contributed by atoms with E-state index in [1.54, 1.807) is 0 Å². The normalized spacial score (nSPS) is 13.6. The number of hydrogen-bond acceptors (Lipinski definition) is 4. The van der Waals surface area contributed by atoms with Gasteiger partial charge in [-0.25, -0.2) is 0 Å². The summed E-state index contributed by atoms with van der Waals surface area (Å²) in [6.45, 7) is -0.121. The van der Waals surface area contributed by atoms with Gasteiger partial charge in [0, 0.05) is 56.2 Å². The van der Waals surface area contributed by atoms with Crippen LogP contribution in [0.25, 0.3) is 49.2 Å². The van der Waals surface area contributed by atoms with Crippen LogP contribution in [0.3, 0.4) is 0 Å². The summed E-state index contributed by atoms with van der Waals surface area (Å²) < 4.78 is 9.41. The summed E-state index contributed by atoms with van der Waals surface area (Å²) in [6, 6.07) is 52.3. The number of benzene rings is 6. The Kier molecular flexibility index (Phi) is 4.74. The molecule has 2 aliphatic rings. The van der Waals surface area contributed by atoms with Gasteiger partial charge in [-0.3, -0.25) is 4.98 Å². The molecule has 0 spiro atoms. The van der Waals surface area contributed by atoms with E-state index in [1.807, 2.05) is 6.20 Å². The van der Waals surface area contributed by atoms with Gasteiger partial charge in [-0.1, -0.05) is 78.9 Å². The number of rotatable bonds is 2. The third-order valence-electron chi connectivity index (χ3n) is 10.7. The van der Waals surface area contributed by atoms with E-state index >= 15 is 0 Å². The lowest BCUT2D eigenvalue weighted by Gasteiger charge is -2.42. The number of furan rings is 1. The zero-order valence-corrected chi connectivity index (χ0v) is 26.2. The van der Waals surface area contributed by atoms with Gasteiger partial charge in [-0.05, 0) is 77.7 Å². The summed E-state index contributed by atoms with van der Waals surface area (Å²) in [7, 11) is 0. The van der Waals surface area contributed by atoms with Gasteiger partial charge in [0.15, 0.2) is 0 Å². The largest absolute Gasteiger partial charge is 0.468 e.